The lowest BCUT2D eigenvalue weighted by Gasteiger charge is -2.45. The highest BCUT2D eigenvalue weighted by Crippen LogP contribution is 2.28. The maximum atomic E-state index is 10.1. The summed E-state index contributed by atoms with van der Waals surface area (Å²) >= 11 is 0. The van der Waals surface area contributed by atoms with E-state index < -0.39 is 61.2 Å². The van der Waals surface area contributed by atoms with Crippen LogP contribution in [-0.4, -0.2) is 86.8 Å². The summed E-state index contributed by atoms with van der Waals surface area (Å²) in [5, 5.41) is 49.2. The first kappa shape index (κ1) is 17.0. The van der Waals surface area contributed by atoms with Gasteiger partial charge >= 0.3 is 0 Å². The lowest BCUT2D eigenvalue weighted by molar-refractivity contribution is -0.333. The lowest BCUT2D eigenvalue weighted by atomic mass is 9.95. The predicted molar refractivity (Wildman–Crippen MR) is 69.3 cm³/mol. The molecule has 0 aromatic heterocycles. The van der Waals surface area contributed by atoms with Crippen LogP contribution in [0.4, 0.5) is 0 Å². The maximum Gasteiger partial charge on any atom is 0.187 e. The van der Waals surface area contributed by atoms with E-state index in [9.17, 15) is 25.5 Å². The summed E-state index contributed by atoms with van der Waals surface area (Å²) in [5.41, 5.74) is 0. The van der Waals surface area contributed by atoms with Gasteiger partial charge in [-0.05, 0) is 20.8 Å². The van der Waals surface area contributed by atoms with Gasteiger partial charge in [0.15, 0.2) is 6.29 Å². The normalized spacial score (nSPS) is 55.4. The van der Waals surface area contributed by atoms with Crippen molar-refractivity contribution >= 4 is 0 Å². The molecule has 0 bridgehead atoms. The van der Waals surface area contributed by atoms with Gasteiger partial charge in [-0.1, -0.05) is 0 Å². The maximum absolute atomic E-state index is 10.1. The summed E-state index contributed by atoms with van der Waals surface area (Å²) in [6.45, 7) is 4.83. The lowest BCUT2D eigenvalue weighted by Crippen LogP contribution is -2.62. The fourth-order valence-electron chi connectivity index (χ4n) is 2.72. The first-order chi connectivity index (χ1) is 9.73. The van der Waals surface area contributed by atoms with Crippen LogP contribution in [0.2, 0.25) is 0 Å². The summed E-state index contributed by atoms with van der Waals surface area (Å²) in [6, 6.07) is 0. The zero-order chi connectivity index (χ0) is 15.9. The van der Waals surface area contributed by atoms with E-state index in [1.165, 1.54) is 6.92 Å². The van der Waals surface area contributed by atoms with Crippen molar-refractivity contribution in [2.75, 3.05) is 0 Å². The third-order valence-electron chi connectivity index (χ3n) is 4.16. The van der Waals surface area contributed by atoms with E-state index >= 15 is 0 Å². The molecule has 0 spiro atoms. The molecule has 2 aliphatic rings. The molecule has 0 aromatic carbocycles. The molecule has 10 atom stereocenters. The third-order valence-corrected chi connectivity index (χ3v) is 4.16. The monoisotopic (exact) mass is 308 g/mol. The molecule has 0 saturated carbocycles. The average Bonchev–Trinajstić information content (AvgIpc) is 2.44. The second kappa shape index (κ2) is 6.43. The fourth-order valence-corrected chi connectivity index (χ4v) is 2.72. The van der Waals surface area contributed by atoms with Gasteiger partial charge in [-0.15, -0.1) is 0 Å². The van der Waals surface area contributed by atoms with Crippen LogP contribution in [0.25, 0.3) is 0 Å². The summed E-state index contributed by atoms with van der Waals surface area (Å²) < 4.78 is 16.3. The Labute approximate surface area is 122 Å². The zero-order valence-corrected chi connectivity index (χ0v) is 12.2. The van der Waals surface area contributed by atoms with Crippen molar-refractivity contribution in [3.8, 4) is 0 Å². The number of aliphatic hydroxyl groups is 5. The number of hydrogen-bond donors (Lipinski definition) is 5. The summed E-state index contributed by atoms with van der Waals surface area (Å²) in [5.74, 6) is 0. The molecular formula is C13H24O8. The van der Waals surface area contributed by atoms with Crippen molar-refractivity contribution in [3.63, 3.8) is 0 Å². The molecule has 5 N–H and O–H groups in total. The molecule has 0 radical (unpaired) electrons. The Balaban J connectivity index is 2.06. The van der Waals surface area contributed by atoms with E-state index in [1.807, 2.05) is 0 Å². The molecule has 8 nitrogen and oxygen atoms in total. The van der Waals surface area contributed by atoms with Gasteiger partial charge in [-0.2, -0.15) is 0 Å². The van der Waals surface area contributed by atoms with E-state index in [1.54, 1.807) is 13.8 Å². The van der Waals surface area contributed by atoms with Crippen molar-refractivity contribution in [1.29, 1.82) is 0 Å². The van der Waals surface area contributed by atoms with Gasteiger partial charge in [0.05, 0.1) is 18.3 Å². The second-order valence-corrected chi connectivity index (χ2v) is 5.81. The summed E-state index contributed by atoms with van der Waals surface area (Å²) in [7, 11) is 0. The first-order valence-corrected chi connectivity index (χ1v) is 7.10. The minimum absolute atomic E-state index is 0.534. The van der Waals surface area contributed by atoms with Crippen LogP contribution in [0.1, 0.15) is 20.8 Å². The highest BCUT2D eigenvalue weighted by molar-refractivity contribution is 4.93. The molecule has 0 amide bonds. The molecule has 0 aromatic rings. The van der Waals surface area contributed by atoms with Gasteiger partial charge in [0.1, 0.15) is 36.6 Å². The molecule has 124 valence electrons. The molecule has 2 fully saturated rings. The first-order valence-electron chi connectivity index (χ1n) is 7.10. The van der Waals surface area contributed by atoms with Gasteiger partial charge in [0.25, 0.3) is 0 Å². The summed E-state index contributed by atoms with van der Waals surface area (Å²) in [4.78, 5) is 0. The zero-order valence-electron chi connectivity index (χ0n) is 12.2. The number of ether oxygens (including phenoxy) is 3. The van der Waals surface area contributed by atoms with Crippen LogP contribution in [0.15, 0.2) is 0 Å². The fraction of sp³-hybridized carbons (Fsp3) is 1.00. The number of aliphatic hydroxyl groups excluding tert-OH is 5. The molecule has 8 heteroatoms. The van der Waals surface area contributed by atoms with E-state index in [-0.39, 0.29) is 0 Å². The Kier molecular flexibility index (Phi) is 5.22. The van der Waals surface area contributed by atoms with Gasteiger partial charge < -0.3 is 39.7 Å². The molecule has 2 heterocycles. The Hall–Kier alpha value is -0.320. The molecule has 2 saturated heterocycles. The third kappa shape index (κ3) is 3.22. The van der Waals surface area contributed by atoms with E-state index in [2.05, 4.69) is 0 Å². The van der Waals surface area contributed by atoms with Crippen molar-refractivity contribution < 1.29 is 39.7 Å². The van der Waals surface area contributed by atoms with Crippen LogP contribution in [0.3, 0.4) is 0 Å². The average molecular weight is 308 g/mol. The Bertz CT molecular complexity index is 353. The Morgan fingerprint density at radius 1 is 0.619 bits per heavy atom. The highest BCUT2D eigenvalue weighted by Gasteiger charge is 2.47. The van der Waals surface area contributed by atoms with Gasteiger partial charge in [0.2, 0.25) is 0 Å². The molecule has 2 rings (SSSR count). The van der Waals surface area contributed by atoms with Gasteiger partial charge in [-0.3, -0.25) is 0 Å². The van der Waals surface area contributed by atoms with Crippen molar-refractivity contribution in [2.24, 2.45) is 0 Å². The molecule has 0 aliphatic carbocycles. The van der Waals surface area contributed by atoms with E-state index in [0.717, 1.165) is 0 Å². The van der Waals surface area contributed by atoms with Crippen LogP contribution in [0.5, 0.6) is 0 Å². The van der Waals surface area contributed by atoms with Crippen molar-refractivity contribution in [1.82, 2.24) is 0 Å². The van der Waals surface area contributed by atoms with Gasteiger partial charge in [0, 0.05) is 0 Å². The molecule has 21 heavy (non-hydrogen) atoms. The largest absolute Gasteiger partial charge is 0.388 e. The second-order valence-electron chi connectivity index (χ2n) is 5.81. The SMILES string of the molecule is CC1O[C@@H](O[C@@H]2C(C)O[C@@H](C)C(O)C2O)C(O)C(O)[C@H]1O. The Morgan fingerprint density at radius 3 is 1.76 bits per heavy atom. The summed E-state index contributed by atoms with van der Waals surface area (Å²) in [6.07, 6.45) is -10.4. The number of hydrogen-bond acceptors (Lipinski definition) is 8. The quantitative estimate of drug-likeness (QED) is 0.386. The highest BCUT2D eigenvalue weighted by atomic mass is 16.7. The molecule has 2 aliphatic heterocycles. The predicted octanol–water partition coefficient (Wildman–Crippen LogP) is -2.27. The number of rotatable bonds is 2. The minimum Gasteiger partial charge on any atom is -0.388 e. The van der Waals surface area contributed by atoms with E-state index in [0.29, 0.717) is 0 Å². The standard InChI is InChI=1S/C13H24O8/c1-4-8(15)10(17)12(6(3)19-4)21-13-11(18)9(16)7(14)5(2)20-13/h4-18H,1-3H3/t4-,5?,6?,7-,8?,9?,10?,11?,12+,13-/m0/s1. The smallest absolute Gasteiger partial charge is 0.187 e. The van der Waals surface area contributed by atoms with E-state index in [4.69, 9.17) is 14.2 Å². The van der Waals surface area contributed by atoms with Crippen LogP contribution in [0, 0.1) is 0 Å². The van der Waals surface area contributed by atoms with Crippen molar-refractivity contribution in [3.05, 3.63) is 0 Å². The minimum atomic E-state index is -1.47. The topological polar surface area (TPSA) is 129 Å². The van der Waals surface area contributed by atoms with Crippen LogP contribution < -0.4 is 0 Å². The van der Waals surface area contributed by atoms with Gasteiger partial charge in [-0.25, -0.2) is 0 Å². The van der Waals surface area contributed by atoms with Crippen LogP contribution in [-0.2, 0) is 14.2 Å². The Morgan fingerprint density at radius 2 is 1.14 bits per heavy atom. The molecule has 6 unspecified atom stereocenters. The molecular weight excluding hydrogens is 284 g/mol. The van der Waals surface area contributed by atoms with Crippen molar-refractivity contribution in [2.45, 2.75) is 82.0 Å². The van der Waals surface area contributed by atoms with Crippen LogP contribution >= 0.6 is 0 Å².